The molecule has 1 fully saturated rings. The monoisotopic (exact) mass is 267 g/mol. The van der Waals surface area contributed by atoms with Crippen LogP contribution in [0.15, 0.2) is 12.1 Å². The van der Waals surface area contributed by atoms with Crippen molar-refractivity contribution in [3.8, 4) is 0 Å². The van der Waals surface area contributed by atoms with Gasteiger partial charge in [-0.3, -0.25) is 0 Å². The van der Waals surface area contributed by atoms with E-state index in [9.17, 15) is 8.78 Å². The number of likely N-dealkylation sites (N-methyl/N-ethyl adjacent to an activating group) is 1. The summed E-state index contributed by atoms with van der Waals surface area (Å²) in [6.07, 6.45) is 0. The Labute approximate surface area is 109 Å². The van der Waals surface area contributed by atoms with Gasteiger partial charge in [0.25, 0.3) is 0 Å². The number of aromatic nitrogens is 2. The SMILES string of the molecule is CCNC1COCC1c1nc2cc(F)c(F)cc2[nH]1. The highest BCUT2D eigenvalue weighted by Crippen LogP contribution is 2.26. The fourth-order valence-electron chi connectivity index (χ4n) is 2.49. The van der Waals surface area contributed by atoms with Crippen LogP contribution in [-0.4, -0.2) is 35.8 Å². The lowest BCUT2D eigenvalue weighted by molar-refractivity contribution is 0.187. The summed E-state index contributed by atoms with van der Waals surface area (Å²) in [6, 6.07) is 2.43. The average Bonchev–Trinajstić information content (AvgIpc) is 2.96. The maximum Gasteiger partial charge on any atom is 0.161 e. The Hall–Kier alpha value is -1.53. The number of rotatable bonds is 3. The number of nitrogens with one attached hydrogen (secondary N) is 2. The van der Waals surface area contributed by atoms with Crippen molar-refractivity contribution in [1.82, 2.24) is 15.3 Å². The predicted octanol–water partition coefficient (Wildman–Crippen LogP) is 1.93. The third-order valence-electron chi connectivity index (χ3n) is 3.44. The fourth-order valence-corrected chi connectivity index (χ4v) is 2.49. The molecule has 2 atom stereocenters. The van der Waals surface area contributed by atoms with Crippen LogP contribution in [0.4, 0.5) is 8.78 Å². The van der Waals surface area contributed by atoms with Crippen molar-refractivity contribution in [2.45, 2.75) is 18.9 Å². The first kappa shape index (κ1) is 12.5. The maximum atomic E-state index is 13.2. The Morgan fingerprint density at radius 2 is 2.16 bits per heavy atom. The summed E-state index contributed by atoms with van der Waals surface area (Å²) in [6.45, 7) is 4.05. The van der Waals surface area contributed by atoms with Gasteiger partial charge in [0.15, 0.2) is 11.6 Å². The minimum Gasteiger partial charge on any atom is -0.379 e. The van der Waals surface area contributed by atoms with Gasteiger partial charge >= 0.3 is 0 Å². The van der Waals surface area contributed by atoms with Gasteiger partial charge in [-0.2, -0.15) is 0 Å². The summed E-state index contributed by atoms with van der Waals surface area (Å²) in [5.41, 5.74) is 0.951. The Balaban J connectivity index is 1.96. The molecule has 3 rings (SSSR count). The lowest BCUT2D eigenvalue weighted by Gasteiger charge is -2.15. The molecule has 0 bridgehead atoms. The van der Waals surface area contributed by atoms with Crippen LogP contribution in [0.2, 0.25) is 0 Å². The molecule has 2 aromatic rings. The number of nitrogens with zero attached hydrogens (tertiary/aromatic N) is 1. The topological polar surface area (TPSA) is 49.9 Å². The molecular weight excluding hydrogens is 252 g/mol. The maximum absolute atomic E-state index is 13.2. The number of ether oxygens (including phenoxy) is 1. The molecule has 2 N–H and O–H groups in total. The molecule has 0 saturated carbocycles. The molecule has 19 heavy (non-hydrogen) atoms. The van der Waals surface area contributed by atoms with Crippen molar-refractivity contribution in [1.29, 1.82) is 0 Å². The normalized spacial score (nSPS) is 23.3. The number of hydrogen-bond acceptors (Lipinski definition) is 3. The highest BCUT2D eigenvalue weighted by Gasteiger charge is 2.31. The van der Waals surface area contributed by atoms with Crippen LogP contribution >= 0.6 is 0 Å². The quantitative estimate of drug-likeness (QED) is 0.893. The number of imidazole rings is 1. The van der Waals surface area contributed by atoms with Gasteiger partial charge in [-0.05, 0) is 6.54 Å². The zero-order chi connectivity index (χ0) is 13.4. The number of aromatic amines is 1. The van der Waals surface area contributed by atoms with Crippen molar-refractivity contribution in [3.63, 3.8) is 0 Å². The van der Waals surface area contributed by atoms with Crippen molar-refractivity contribution < 1.29 is 13.5 Å². The van der Waals surface area contributed by atoms with E-state index in [-0.39, 0.29) is 12.0 Å². The van der Waals surface area contributed by atoms with E-state index in [2.05, 4.69) is 15.3 Å². The highest BCUT2D eigenvalue weighted by molar-refractivity contribution is 5.75. The molecule has 2 heterocycles. The van der Waals surface area contributed by atoms with Crippen LogP contribution in [0.25, 0.3) is 11.0 Å². The first-order valence-corrected chi connectivity index (χ1v) is 6.35. The molecular formula is C13H15F2N3O. The van der Waals surface area contributed by atoms with Gasteiger partial charge in [0.1, 0.15) is 5.82 Å². The largest absolute Gasteiger partial charge is 0.379 e. The van der Waals surface area contributed by atoms with Gasteiger partial charge in [0.2, 0.25) is 0 Å². The summed E-state index contributed by atoms with van der Waals surface area (Å²) < 4.78 is 31.8. The molecule has 0 radical (unpaired) electrons. The van der Waals surface area contributed by atoms with Crippen molar-refractivity contribution in [2.24, 2.45) is 0 Å². The minimum atomic E-state index is -0.878. The number of halogens is 2. The van der Waals surface area contributed by atoms with E-state index in [1.165, 1.54) is 0 Å². The van der Waals surface area contributed by atoms with E-state index >= 15 is 0 Å². The molecule has 4 nitrogen and oxygen atoms in total. The molecule has 1 aromatic carbocycles. The van der Waals surface area contributed by atoms with E-state index in [0.717, 1.165) is 18.7 Å². The second kappa shape index (κ2) is 4.86. The lowest BCUT2D eigenvalue weighted by atomic mass is 10.0. The van der Waals surface area contributed by atoms with Crippen molar-refractivity contribution >= 4 is 11.0 Å². The molecule has 0 aliphatic carbocycles. The first-order valence-electron chi connectivity index (χ1n) is 6.35. The van der Waals surface area contributed by atoms with Gasteiger partial charge in [-0.15, -0.1) is 0 Å². The Bertz CT molecular complexity index is 560. The molecule has 2 unspecified atom stereocenters. The lowest BCUT2D eigenvalue weighted by Crippen LogP contribution is -2.34. The standard InChI is InChI=1S/C13H15F2N3O/c1-2-16-12-6-19-5-7(12)13-17-10-3-8(14)9(15)4-11(10)18-13/h3-4,7,12,16H,2,5-6H2,1H3,(H,17,18). The predicted molar refractivity (Wildman–Crippen MR) is 67.0 cm³/mol. The van der Waals surface area contributed by atoms with Gasteiger partial charge in [0.05, 0.1) is 30.2 Å². The van der Waals surface area contributed by atoms with Crippen molar-refractivity contribution in [2.75, 3.05) is 19.8 Å². The van der Waals surface area contributed by atoms with Crippen LogP contribution < -0.4 is 5.32 Å². The van der Waals surface area contributed by atoms with Crippen LogP contribution in [-0.2, 0) is 4.74 Å². The minimum absolute atomic E-state index is 0.0819. The zero-order valence-corrected chi connectivity index (χ0v) is 10.5. The summed E-state index contributed by atoms with van der Waals surface area (Å²) in [4.78, 5) is 7.40. The third kappa shape index (κ3) is 2.21. The second-order valence-corrected chi connectivity index (χ2v) is 4.71. The Morgan fingerprint density at radius 1 is 1.37 bits per heavy atom. The second-order valence-electron chi connectivity index (χ2n) is 4.71. The molecule has 0 amide bonds. The third-order valence-corrected chi connectivity index (χ3v) is 3.44. The number of benzene rings is 1. The van der Waals surface area contributed by atoms with Crippen LogP contribution in [0.1, 0.15) is 18.7 Å². The van der Waals surface area contributed by atoms with E-state index in [1.807, 2.05) is 6.92 Å². The zero-order valence-electron chi connectivity index (χ0n) is 10.5. The molecule has 6 heteroatoms. The van der Waals surface area contributed by atoms with Gasteiger partial charge < -0.3 is 15.0 Å². The number of H-pyrrole nitrogens is 1. The molecule has 1 aliphatic heterocycles. The van der Waals surface area contributed by atoms with Gasteiger partial charge in [0, 0.05) is 18.2 Å². The molecule has 102 valence electrons. The molecule has 1 saturated heterocycles. The average molecular weight is 267 g/mol. The number of hydrogen-bond donors (Lipinski definition) is 2. The van der Waals surface area contributed by atoms with E-state index in [0.29, 0.717) is 30.1 Å². The molecule has 0 spiro atoms. The first-order chi connectivity index (χ1) is 9.19. The summed E-state index contributed by atoms with van der Waals surface area (Å²) >= 11 is 0. The number of fused-ring (bicyclic) bond motifs is 1. The summed E-state index contributed by atoms with van der Waals surface area (Å²) in [7, 11) is 0. The van der Waals surface area contributed by atoms with Gasteiger partial charge in [-0.1, -0.05) is 6.92 Å². The van der Waals surface area contributed by atoms with E-state index in [4.69, 9.17) is 4.74 Å². The van der Waals surface area contributed by atoms with E-state index < -0.39 is 11.6 Å². The van der Waals surface area contributed by atoms with Crippen LogP contribution in [0.3, 0.4) is 0 Å². The van der Waals surface area contributed by atoms with Crippen LogP contribution in [0, 0.1) is 11.6 Å². The molecule has 1 aromatic heterocycles. The Kier molecular flexibility index (Phi) is 3.20. The smallest absolute Gasteiger partial charge is 0.161 e. The summed E-state index contributed by atoms with van der Waals surface area (Å²) in [5, 5.41) is 3.33. The van der Waals surface area contributed by atoms with Gasteiger partial charge in [-0.25, -0.2) is 13.8 Å². The van der Waals surface area contributed by atoms with Crippen LogP contribution in [0.5, 0.6) is 0 Å². The summed E-state index contributed by atoms with van der Waals surface area (Å²) in [5.74, 6) is -0.952. The van der Waals surface area contributed by atoms with Crippen molar-refractivity contribution in [3.05, 3.63) is 29.6 Å². The Morgan fingerprint density at radius 3 is 2.95 bits per heavy atom. The van der Waals surface area contributed by atoms with E-state index in [1.54, 1.807) is 0 Å². The molecule has 1 aliphatic rings. The fraction of sp³-hybridized carbons (Fsp3) is 0.462. The highest BCUT2D eigenvalue weighted by atomic mass is 19.2.